The molecule has 0 amide bonds. The van der Waals surface area contributed by atoms with Crippen molar-refractivity contribution in [1.82, 2.24) is 19.3 Å². The van der Waals surface area contributed by atoms with Gasteiger partial charge in [-0.2, -0.15) is 0 Å². The Bertz CT molecular complexity index is 1780. The molecule has 2 N–H and O–H groups in total. The summed E-state index contributed by atoms with van der Waals surface area (Å²) in [5.74, 6) is 0.676. The predicted octanol–water partition coefficient (Wildman–Crippen LogP) is 5.12. The van der Waals surface area contributed by atoms with E-state index in [2.05, 4.69) is 19.4 Å². The standard InChI is InChI=1S/C26H23F3N4O5S/c1-33-14-20(19-11-23(36-2)24(37-3)12-22(19)33)21-10-18-15(8-9-30-25(18)32-21)13-31-39(34,35)17-6-4-16(5-7-17)38-26(27,28)29/h4-12,14,31H,13H2,1-3H3,(H,30,32). The summed E-state index contributed by atoms with van der Waals surface area (Å²) in [6.07, 6.45) is -1.35. The number of alkyl halides is 3. The molecule has 5 rings (SSSR count). The molecule has 0 unspecified atom stereocenters. The van der Waals surface area contributed by atoms with Crippen molar-refractivity contribution in [2.75, 3.05) is 14.2 Å². The van der Waals surface area contributed by atoms with E-state index in [0.29, 0.717) is 28.1 Å². The van der Waals surface area contributed by atoms with Crippen LogP contribution in [-0.2, 0) is 23.6 Å². The minimum atomic E-state index is -4.87. The highest BCUT2D eigenvalue weighted by Gasteiger charge is 2.31. The van der Waals surface area contributed by atoms with Gasteiger partial charge in [-0.25, -0.2) is 18.1 Å². The molecule has 2 aromatic carbocycles. The van der Waals surface area contributed by atoms with Crippen LogP contribution in [-0.4, -0.2) is 43.5 Å². The number of H-pyrrole nitrogens is 1. The number of fused-ring (bicyclic) bond motifs is 2. The molecule has 9 nitrogen and oxygen atoms in total. The molecule has 0 saturated carbocycles. The molecule has 0 radical (unpaired) electrons. The summed E-state index contributed by atoms with van der Waals surface area (Å²) in [5, 5.41) is 1.63. The maximum absolute atomic E-state index is 12.8. The lowest BCUT2D eigenvalue weighted by atomic mass is 10.1. The number of sulfonamides is 1. The van der Waals surface area contributed by atoms with Crippen molar-refractivity contribution in [3.8, 4) is 28.5 Å². The molecule has 0 fully saturated rings. The van der Waals surface area contributed by atoms with E-state index in [1.54, 1.807) is 26.5 Å². The second-order valence-corrected chi connectivity index (χ2v) is 10.4. The van der Waals surface area contributed by atoms with Crippen LogP contribution >= 0.6 is 0 Å². The smallest absolute Gasteiger partial charge is 0.493 e. The fourth-order valence-corrected chi connectivity index (χ4v) is 5.39. The van der Waals surface area contributed by atoms with E-state index in [9.17, 15) is 21.6 Å². The SMILES string of the molecule is COc1cc2c(-c3cc4c(CNS(=O)(=O)c5ccc(OC(F)(F)F)cc5)ccnc4[nH]3)cn(C)c2cc1OC. The van der Waals surface area contributed by atoms with Crippen LogP contribution in [0.5, 0.6) is 17.2 Å². The number of pyridine rings is 1. The molecule has 3 aromatic heterocycles. The molecule has 0 aliphatic rings. The van der Waals surface area contributed by atoms with E-state index in [4.69, 9.17) is 9.47 Å². The number of nitrogens with zero attached hydrogens (tertiary/aromatic N) is 2. The van der Waals surface area contributed by atoms with Gasteiger partial charge in [0.1, 0.15) is 11.4 Å². The van der Waals surface area contributed by atoms with Gasteiger partial charge < -0.3 is 23.8 Å². The Morgan fingerprint density at radius 2 is 1.69 bits per heavy atom. The van der Waals surface area contributed by atoms with Gasteiger partial charge in [0.15, 0.2) is 11.5 Å². The van der Waals surface area contributed by atoms with Crippen LogP contribution in [0.4, 0.5) is 13.2 Å². The van der Waals surface area contributed by atoms with Crippen LogP contribution in [0, 0.1) is 0 Å². The highest BCUT2D eigenvalue weighted by Crippen LogP contribution is 2.38. The first kappa shape index (κ1) is 26.4. The van der Waals surface area contributed by atoms with Gasteiger partial charge >= 0.3 is 6.36 Å². The number of ether oxygens (including phenoxy) is 3. The zero-order valence-corrected chi connectivity index (χ0v) is 21.8. The molecule has 0 saturated heterocycles. The summed E-state index contributed by atoms with van der Waals surface area (Å²) < 4.78 is 81.9. The number of nitrogens with one attached hydrogen (secondary N) is 2. The molecule has 5 aromatic rings. The Labute approximate surface area is 221 Å². The van der Waals surface area contributed by atoms with Crippen molar-refractivity contribution < 1.29 is 35.8 Å². The molecule has 0 atom stereocenters. The second-order valence-electron chi connectivity index (χ2n) is 8.64. The summed E-state index contributed by atoms with van der Waals surface area (Å²) in [4.78, 5) is 7.49. The Balaban J connectivity index is 1.44. The van der Waals surface area contributed by atoms with Gasteiger partial charge in [0.25, 0.3) is 0 Å². The first-order valence-corrected chi connectivity index (χ1v) is 13.0. The van der Waals surface area contributed by atoms with E-state index in [-0.39, 0.29) is 11.4 Å². The van der Waals surface area contributed by atoms with Gasteiger partial charge in [-0.1, -0.05) is 0 Å². The maximum Gasteiger partial charge on any atom is 0.573 e. The normalized spacial score (nSPS) is 12.3. The lowest BCUT2D eigenvalue weighted by Crippen LogP contribution is -2.23. The average Bonchev–Trinajstić information content (AvgIpc) is 3.47. The number of aromatic amines is 1. The number of rotatable bonds is 8. The molecule has 204 valence electrons. The van der Waals surface area contributed by atoms with E-state index in [1.165, 1.54) is 0 Å². The number of aromatic nitrogens is 3. The van der Waals surface area contributed by atoms with Crippen molar-refractivity contribution in [3.63, 3.8) is 0 Å². The van der Waals surface area contributed by atoms with E-state index < -0.39 is 22.1 Å². The molecule has 0 aliphatic heterocycles. The Hall–Kier alpha value is -4.23. The van der Waals surface area contributed by atoms with E-state index >= 15 is 0 Å². The minimum Gasteiger partial charge on any atom is -0.493 e. The third-order valence-corrected chi connectivity index (χ3v) is 7.64. The number of hydrogen-bond acceptors (Lipinski definition) is 6. The lowest BCUT2D eigenvalue weighted by molar-refractivity contribution is -0.274. The number of hydrogen-bond donors (Lipinski definition) is 2. The lowest BCUT2D eigenvalue weighted by Gasteiger charge is -2.10. The molecular weight excluding hydrogens is 537 g/mol. The van der Waals surface area contributed by atoms with Gasteiger partial charge in [0.05, 0.1) is 24.6 Å². The second kappa shape index (κ2) is 9.82. The van der Waals surface area contributed by atoms with Crippen molar-refractivity contribution in [2.24, 2.45) is 7.05 Å². The fourth-order valence-electron chi connectivity index (χ4n) is 4.38. The summed E-state index contributed by atoms with van der Waals surface area (Å²) >= 11 is 0. The van der Waals surface area contributed by atoms with Crippen LogP contribution in [0.1, 0.15) is 5.56 Å². The van der Waals surface area contributed by atoms with Gasteiger partial charge in [-0.15, -0.1) is 13.2 Å². The number of benzene rings is 2. The number of aryl methyl sites for hydroxylation is 1. The summed E-state index contributed by atoms with van der Waals surface area (Å²) in [6, 6.07) is 11.3. The molecule has 3 heterocycles. The maximum atomic E-state index is 12.8. The molecule has 39 heavy (non-hydrogen) atoms. The Kier molecular flexibility index (Phi) is 6.64. The Morgan fingerprint density at radius 1 is 1.00 bits per heavy atom. The highest BCUT2D eigenvalue weighted by molar-refractivity contribution is 7.89. The van der Waals surface area contributed by atoms with Crippen LogP contribution in [0.25, 0.3) is 33.2 Å². The minimum absolute atomic E-state index is 0.0694. The van der Waals surface area contributed by atoms with Crippen LogP contribution in [0.3, 0.4) is 0 Å². The Morgan fingerprint density at radius 3 is 2.36 bits per heavy atom. The van der Waals surface area contributed by atoms with Gasteiger partial charge in [-0.3, -0.25) is 0 Å². The molecule has 0 bridgehead atoms. The summed E-state index contributed by atoms with van der Waals surface area (Å²) in [5.41, 5.74) is 3.80. The monoisotopic (exact) mass is 560 g/mol. The quantitative estimate of drug-likeness (QED) is 0.273. The first-order chi connectivity index (χ1) is 18.5. The predicted molar refractivity (Wildman–Crippen MR) is 138 cm³/mol. The third kappa shape index (κ3) is 5.22. The topological polar surface area (TPSA) is 107 Å². The fraction of sp³-hybridized carbons (Fsp3) is 0.192. The number of methoxy groups -OCH3 is 2. The van der Waals surface area contributed by atoms with Gasteiger partial charge in [0.2, 0.25) is 10.0 Å². The molecule has 0 spiro atoms. The largest absolute Gasteiger partial charge is 0.573 e. The van der Waals surface area contributed by atoms with Crippen LogP contribution < -0.4 is 18.9 Å². The zero-order valence-electron chi connectivity index (χ0n) is 21.0. The summed E-state index contributed by atoms with van der Waals surface area (Å²) in [7, 11) is 1.04. The van der Waals surface area contributed by atoms with Crippen LogP contribution in [0.15, 0.2) is 65.8 Å². The molecular formula is C26H23F3N4O5S. The highest BCUT2D eigenvalue weighted by atomic mass is 32.2. The molecule has 13 heteroatoms. The van der Waals surface area contributed by atoms with Gasteiger partial charge in [-0.05, 0) is 48.0 Å². The van der Waals surface area contributed by atoms with E-state index in [1.807, 2.05) is 36.0 Å². The van der Waals surface area contributed by atoms with E-state index in [0.717, 1.165) is 46.4 Å². The van der Waals surface area contributed by atoms with Gasteiger partial charge in [0, 0.05) is 54.1 Å². The van der Waals surface area contributed by atoms with Crippen molar-refractivity contribution in [2.45, 2.75) is 17.8 Å². The number of halogens is 3. The zero-order chi connectivity index (χ0) is 27.9. The van der Waals surface area contributed by atoms with Crippen LogP contribution in [0.2, 0.25) is 0 Å². The average molecular weight is 561 g/mol. The first-order valence-electron chi connectivity index (χ1n) is 11.5. The van der Waals surface area contributed by atoms with Crippen molar-refractivity contribution in [3.05, 3.63) is 66.5 Å². The third-order valence-electron chi connectivity index (χ3n) is 6.23. The van der Waals surface area contributed by atoms with Crippen molar-refractivity contribution in [1.29, 1.82) is 0 Å². The summed E-state index contributed by atoms with van der Waals surface area (Å²) in [6.45, 7) is -0.0694. The van der Waals surface area contributed by atoms with Crippen molar-refractivity contribution >= 4 is 32.0 Å². The molecule has 0 aliphatic carbocycles.